The number of furan rings is 1. The maximum absolute atomic E-state index is 6.50. The number of hydrogen-bond donors (Lipinski definition) is 1. The molecule has 1 heterocycles. The molecule has 0 aliphatic rings. The molecule has 184 valence electrons. The highest BCUT2D eigenvalue weighted by Crippen LogP contribution is 2.39. The predicted octanol–water partition coefficient (Wildman–Crippen LogP) is 8.37. The molecule has 0 atom stereocenters. The molecular weight excluding hydrogens is 534 g/mol. The molecular formula is C33H24BrN3O. The molecule has 0 saturated carbocycles. The van der Waals surface area contributed by atoms with Crippen LogP contribution >= 0.6 is 15.9 Å². The normalized spacial score (nSPS) is 12.3. The van der Waals surface area contributed by atoms with Gasteiger partial charge in [-0.05, 0) is 41.0 Å². The van der Waals surface area contributed by atoms with Gasteiger partial charge in [0.2, 0.25) is 0 Å². The van der Waals surface area contributed by atoms with Gasteiger partial charge < -0.3 is 10.2 Å². The number of hydrogen-bond acceptors (Lipinski definition) is 2. The molecule has 0 saturated heterocycles. The van der Waals surface area contributed by atoms with E-state index < -0.39 is 0 Å². The summed E-state index contributed by atoms with van der Waals surface area (Å²) in [6.07, 6.45) is 0. The minimum absolute atomic E-state index is 0.420. The smallest absolute Gasteiger partial charge is 0.157 e. The Bertz CT molecular complexity index is 1800. The van der Waals surface area contributed by atoms with Gasteiger partial charge in [-0.3, -0.25) is 4.99 Å². The first-order valence-corrected chi connectivity index (χ1v) is 13.2. The van der Waals surface area contributed by atoms with Gasteiger partial charge in [-0.25, -0.2) is 4.99 Å². The van der Waals surface area contributed by atoms with Crippen LogP contribution in [0, 0.1) is 0 Å². The molecule has 0 aliphatic heterocycles. The summed E-state index contributed by atoms with van der Waals surface area (Å²) in [5.74, 6) is 1.000. The summed E-state index contributed by atoms with van der Waals surface area (Å²) in [4.78, 5) is 9.85. The van der Waals surface area contributed by atoms with Gasteiger partial charge in [-0.2, -0.15) is 0 Å². The number of nitrogens with two attached hydrogens (primary N) is 1. The SMILES string of the molecule is NC(=NC(=NCc1ccccc1)c1ccccc1-c1cccc2oc3ccc(Br)cc3c12)c1ccccc1. The number of fused-ring (bicyclic) bond motifs is 3. The van der Waals surface area contributed by atoms with Crippen molar-refractivity contribution >= 4 is 49.5 Å². The van der Waals surface area contributed by atoms with E-state index in [9.17, 15) is 0 Å². The third kappa shape index (κ3) is 4.76. The van der Waals surface area contributed by atoms with Crippen molar-refractivity contribution in [1.29, 1.82) is 0 Å². The molecule has 0 fully saturated rings. The van der Waals surface area contributed by atoms with E-state index in [2.05, 4.69) is 52.3 Å². The van der Waals surface area contributed by atoms with Crippen LogP contribution in [0.3, 0.4) is 0 Å². The van der Waals surface area contributed by atoms with Crippen LogP contribution < -0.4 is 5.73 Å². The fourth-order valence-corrected chi connectivity index (χ4v) is 5.02. The van der Waals surface area contributed by atoms with E-state index in [0.717, 1.165) is 54.2 Å². The van der Waals surface area contributed by atoms with Crippen molar-refractivity contribution < 1.29 is 4.42 Å². The van der Waals surface area contributed by atoms with E-state index in [-0.39, 0.29) is 0 Å². The van der Waals surface area contributed by atoms with Gasteiger partial charge in [-0.15, -0.1) is 0 Å². The Balaban J connectivity index is 1.55. The highest BCUT2D eigenvalue weighted by atomic mass is 79.9. The van der Waals surface area contributed by atoms with Crippen molar-refractivity contribution in [2.75, 3.05) is 0 Å². The van der Waals surface area contributed by atoms with Gasteiger partial charge >= 0.3 is 0 Å². The average molecular weight is 558 g/mol. The van der Waals surface area contributed by atoms with Crippen molar-refractivity contribution in [3.63, 3.8) is 0 Å². The second-order valence-electron chi connectivity index (χ2n) is 8.96. The molecule has 6 aromatic rings. The van der Waals surface area contributed by atoms with Crippen LogP contribution in [0.2, 0.25) is 0 Å². The number of benzene rings is 5. The number of halogens is 1. The first-order chi connectivity index (χ1) is 18.7. The molecule has 5 aromatic carbocycles. The summed E-state index contributed by atoms with van der Waals surface area (Å²) < 4.78 is 7.20. The summed E-state index contributed by atoms with van der Waals surface area (Å²) in [7, 11) is 0. The lowest BCUT2D eigenvalue weighted by atomic mass is 9.95. The van der Waals surface area contributed by atoms with E-state index in [1.165, 1.54) is 0 Å². The Morgan fingerprint density at radius 2 is 1.42 bits per heavy atom. The average Bonchev–Trinajstić information content (AvgIpc) is 3.34. The maximum Gasteiger partial charge on any atom is 0.157 e. The third-order valence-corrected chi connectivity index (χ3v) is 6.96. The summed E-state index contributed by atoms with van der Waals surface area (Å²) in [6, 6.07) is 40.4. The van der Waals surface area contributed by atoms with Crippen LogP contribution in [0.5, 0.6) is 0 Å². The van der Waals surface area contributed by atoms with E-state index in [1.807, 2.05) is 84.9 Å². The summed E-state index contributed by atoms with van der Waals surface area (Å²) in [6.45, 7) is 0.488. The molecule has 38 heavy (non-hydrogen) atoms. The zero-order valence-corrected chi connectivity index (χ0v) is 22.1. The Hall–Kier alpha value is -4.48. The molecule has 0 amide bonds. The van der Waals surface area contributed by atoms with Crippen LogP contribution in [0.25, 0.3) is 33.1 Å². The molecule has 0 spiro atoms. The molecule has 0 aliphatic carbocycles. The largest absolute Gasteiger partial charge is 0.456 e. The van der Waals surface area contributed by atoms with Crippen molar-refractivity contribution in [2.24, 2.45) is 15.7 Å². The van der Waals surface area contributed by atoms with E-state index in [0.29, 0.717) is 18.2 Å². The van der Waals surface area contributed by atoms with Gasteiger partial charge in [0.15, 0.2) is 5.84 Å². The Morgan fingerprint density at radius 3 is 2.24 bits per heavy atom. The Kier molecular flexibility index (Phi) is 6.59. The summed E-state index contributed by atoms with van der Waals surface area (Å²) in [5.41, 5.74) is 13.1. The lowest BCUT2D eigenvalue weighted by molar-refractivity contribution is 0.669. The number of amidine groups is 2. The van der Waals surface area contributed by atoms with Gasteiger partial charge in [0.25, 0.3) is 0 Å². The van der Waals surface area contributed by atoms with Crippen LogP contribution in [-0.4, -0.2) is 11.7 Å². The van der Waals surface area contributed by atoms with Gasteiger partial charge in [0, 0.05) is 26.4 Å². The minimum Gasteiger partial charge on any atom is -0.456 e. The van der Waals surface area contributed by atoms with Gasteiger partial charge in [0.05, 0.1) is 6.54 Å². The number of nitrogens with zero attached hydrogens (tertiary/aromatic N) is 2. The molecule has 2 N–H and O–H groups in total. The Labute approximate surface area is 229 Å². The molecule has 0 bridgehead atoms. The van der Waals surface area contributed by atoms with Crippen molar-refractivity contribution in [1.82, 2.24) is 0 Å². The second-order valence-corrected chi connectivity index (χ2v) is 9.87. The highest BCUT2D eigenvalue weighted by Gasteiger charge is 2.17. The van der Waals surface area contributed by atoms with Crippen molar-refractivity contribution in [2.45, 2.75) is 6.54 Å². The lowest BCUT2D eigenvalue weighted by Crippen LogP contribution is -2.16. The standard InChI is InChI=1S/C33H24BrN3O/c34-24-18-19-29-28(20-24)31-26(16-9-17-30(31)38-29)25-14-7-8-15-27(25)33(36-21-22-10-3-1-4-11-22)37-32(35)23-12-5-2-6-13-23/h1-20H,21H2,(H2,35,36,37). The zero-order valence-electron chi connectivity index (χ0n) is 20.5. The summed E-state index contributed by atoms with van der Waals surface area (Å²) >= 11 is 3.62. The Morgan fingerprint density at radius 1 is 0.711 bits per heavy atom. The van der Waals surface area contributed by atoms with Crippen LogP contribution in [0.4, 0.5) is 0 Å². The van der Waals surface area contributed by atoms with E-state index in [1.54, 1.807) is 0 Å². The monoisotopic (exact) mass is 557 g/mol. The predicted molar refractivity (Wildman–Crippen MR) is 161 cm³/mol. The fourth-order valence-electron chi connectivity index (χ4n) is 4.65. The lowest BCUT2D eigenvalue weighted by Gasteiger charge is -2.12. The van der Waals surface area contributed by atoms with Gasteiger partial charge in [0.1, 0.15) is 17.0 Å². The highest BCUT2D eigenvalue weighted by molar-refractivity contribution is 9.10. The summed E-state index contributed by atoms with van der Waals surface area (Å²) in [5, 5.41) is 2.11. The molecule has 6 rings (SSSR count). The zero-order chi connectivity index (χ0) is 25.9. The van der Waals surface area contributed by atoms with Crippen LogP contribution in [0.1, 0.15) is 16.7 Å². The van der Waals surface area contributed by atoms with Crippen LogP contribution in [-0.2, 0) is 6.54 Å². The molecule has 4 nitrogen and oxygen atoms in total. The first-order valence-electron chi connectivity index (χ1n) is 12.4. The van der Waals surface area contributed by atoms with Crippen LogP contribution in [0.15, 0.2) is 140 Å². The number of aliphatic imine (C=N–C) groups is 2. The van der Waals surface area contributed by atoms with Crippen molar-refractivity contribution in [3.05, 3.63) is 142 Å². The molecule has 0 radical (unpaired) electrons. The minimum atomic E-state index is 0.420. The molecule has 0 unspecified atom stereocenters. The van der Waals surface area contributed by atoms with E-state index >= 15 is 0 Å². The molecule has 1 aromatic heterocycles. The maximum atomic E-state index is 6.50. The van der Waals surface area contributed by atoms with Gasteiger partial charge in [-0.1, -0.05) is 113 Å². The topological polar surface area (TPSA) is 63.9 Å². The fraction of sp³-hybridized carbons (Fsp3) is 0.0303. The second kappa shape index (κ2) is 10.5. The number of rotatable bonds is 5. The molecule has 5 heteroatoms. The third-order valence-electron chi connectivity index (χ3n) is 6.47. The van der Waals surface area contributed by atoms with E-state index in [4.69, 9.17) is 20.1 Å². The van der Waals surface area contributed by atoms with Crippen molar-refractivity contribution in [3.8, 4) is 11.1 Å². The quantitative estimate of drug-likeness (QED) is 0.171. The first kappa shape index (κ1) is 23.9.